The molecule has 0 saturated heterocycles. The predicted octanol–water partition coefficient (Wildman–Crippen LogP) is 6.64. The lowest BCUT2D eigenvalue weighted by atomic mass is 9.93. The molecule has 2 heterocycles. The Labute approximate surface area is 229 Å². The van der Waals surface area contributed by atoms with Crippen LogP contribution < -0.4 is 0 Å². The highest BCUT2D eigenvalue weighted by Gasteiger charge is 2.36. The van der Waals surface area contributed by atoms with Gasteiger partial charge in [-0.3, -0.25) is 14.5 Å². The molecule has 0 aliphatic carbocycles. The third-order valence-corrected chi connectivity index (χ3v) is 6.91. The standard InChI is InChI=1S/C30H20Cl2N4O2/c1-19-25(29(37)35(30(38)26(19)16-33)17-21-7-5-6-10-27(21)32)15-22-18-36(24-8-3-2-4-9-24)34-28(22)20-11-13-23(31)14-12-20/h2-15,18H,17H2,1H3/b25-15+. The van der Waals surface area contributed by atoms with E-state index >= 15 is 0 Å². The van der Waals surface area contributed by atoms with Gasteiger partial charge in [-0.2, -0.15) is 10.4 Å². The van der Waals surface area contributed by atoms with Crippen molar-refractivity contribution < 1.29 is 9.59 Å². The molecule has 0 atom stereocenters. The van der Waals surface area contributed by atoms with Gasteiger partial charge in [0.05, 0.1) is 17.9 Å². The molecule has 1 aliphatic rings. The number of nitrogens with zero attached hydrogens (tertiary/aromatic N) is 4. The van der Waals surface area contributed by atoms with Gasteiger partial charge in [0.2, 0.25) is 0 Å². The van der Waals surface area contributed by atoms with Crippen molar-refractivity contribution in [1.82, 2.24) is 14.7 Å². The van der Waals surface area contributed by atoms with Gasteiger partial charge in [-0.25, -0.2) is 4.68 Å². The largest absolute Gasteiger partial charge is 0.271 e. The van der Waals surface area contributed by atoms with Crippen molar-refractivity contribution in [1.29, 1.82) is 5.26 Å². The second kappa shape index (κ2) is 10.5. The van der Waals surface area contributed by atoms with E-state index in [1.54, 1.807) is 54.1 Å². The normalized spacial score (nSPS) is 14.8. The fraction of sp³-hybridized carbons (Fsp3) is 0.0667. The van der Waals surface area contributed by atoms with Crippen LogP contribution in [-0.4, -0.2) is 26.5 Å². The fourth-order valence-corrected chi connectivity index (χ4v) is 4.59. The van der Waals surface area contributed by atoms with Crippen LogP contribution in [0.3, 0.4) is 0 Å². The molecule has 1 aromatic heterocycles. The van der Waals surface area contributed by atoms with E-state index in [4.69, 9.17) is 28.3 Å². The Kier molecular flexibility index (Phi) is 6.97. The Morgan fingerprint density at radius 1 is 0.921 bits per heavy atom. The minimum Gasteiger partial charge on any atom is -0.269 e. The topological polar surface area (TPSA) is 79.0 Å². The summed E-state index contributed by atoms with van der Waals surface area (Å²) in [6.45, 7) is 1.55. The number of nitriles is 1. The summed E-state index contributed by atoms with van der Waals surface area (Å²) in [6, 6.07) is 25.8. The first-order valence-corrected chi connectivity index (χ1v) is 12.5. The van der Waals surface area contributed by atoms with E-state index in [1.165, 1.54) is 0 Å². The van der Waals surface area contributed by atoms with Crippen LogP contribution in [0.15, 0.2) is 102 Å². The molecule has 6 nitrogen and oxygen atoms in total. The lowest BCUT2D eigenvalue weighted by molar-refractivity contribution is -0.141. The van der Waals surface area contributed by atoms with Crippen LogP contribution in [0.25, 0.3) is 23.0 Å². The maximum atomic E-state index is 13.7. The monoisotopic (exact) mass is 538 g/mol. The molecule has 0 radical (unpaired) electrons. The van der Waals surface area contributed by atoms with Gasteiger partial charge < -0.3 is 0 Å². The summed E-state index contributed by atoms with van der Waals surface area (Å²) in [5.41, 5.74) is 3.95. The van der Waals surface area contributed by atoms with Crippen molar-refractivity contribution in [3.63, 3.8) is 0 Å². The zero-order valence-electron chi connectivity index (χ0n) is 20.2. The van der Waals surface area contributed by atoms with Crippen molar-refractivity contribution in [2.45, 2.75) is 13.5 Å². The minimum absolute atomic E-state index is 0.0551. The van der Waals surface area contributed by atoms with Crippen molar-refractivity contribution in [2.24, 2.45) is 0 Å². The predicted molar refractivity (Wildman–Crippen MR) is 147 cm³/mol. The number of hydrogen-bond acceptors (Lipinski definition) is 4. The number of hydrogen-bond donors (Lipinski definition) is 0. The first-order valence-electron chi connectivity index (χ1n) is 11.7. The zero-order chi connectivity index (χ0) is 26.8. The zero-order valence-corrected chi connectivity index (χ0v) is 21.7. The first kappa shape index (κ1) is 25.2. The third-order valence-electron chi connectivity index (χ3n) is 6.29. The Hall–Kier alpha value is -4.44. The minimum atomic E-state index is -0.648. The van der Waals surface area contributed by atoms with Crippen LogP contribution in [-0.2, 0) is 16.1 Å². The molecule has 4 aromatic rings. The first-order chi connectivity index (χ1) is 18.4. The van der Waals surface area contributed by atoms with E-state index in [0.29, 0.717) is 32.4 Å². The van der Waals surface area contributed by atoms with Gasteiger partial charge >= 0.3 is 0 Å². The van der Waals surface area contributed by atoms with Crippen LogP contribution in [0.4, 0.5) is 0 Å². The summed E-state index contributed by atoms with van der Waals surface area (Å²) in [4.78, 5) is 27.9. The van der Waals surface area contributed by atoms with Crippen LogP contribution in [0.5, 0.6) is 0 Å². The number of amides is 2. The van der Waals surface area contributed by atoms with E-state index < -0.39 is 11.8 Å². The molecule has 0 N–H and O–H groups in total. The summed E-state index contributed by atoms with van der Waals surface area (Å²) >= 11 is 12.4. The molecule has 186 valence electrons. The molecule has 0 saturated carbocycles. The number of benzene rings is 3. The van der Waals surface area contributed by atoms with E-state index in [1.807, 2.05) is 54.7 Å². The molecule has 3 aromatic carbocycles. The molecule has 0 spiro atoms. The smallest absolute Gasteiger partial charge is 0.269 e. The Morgan fingerprint density at radius 2 is 1.61 bits per heavy atom. The summed E-state index contributed by atoms with van der Waals surface area (Å²) in [5.74, 6) is -1.16. The molecule has 2 amide bonds. The van der Waals surface area contributed by atoms with E-state index in [0.717, 1.165) is 16.2 Å². The SMILES string of the molecule is CC1=C(C#N)C(=O)N(Cc2ccccc2Cl)C(=O)/C1=C/c1cn(-c2ccccc2)nc1-c1ccc(Cl)cc1. The number of carbonyl (C=O) groups is 2. The average Bonchev–Trinajstić information content (AvgIpc) is 3.35. The molecule has 38 heavy (non-hydrogen) atoms. The number of aromatic nitrogens is 2. The molecule has 1 aliphatic heterocycles. The molecule has 8 heteroatoms. The Balaban J connectivity index is 1.65. The van der Waals surface area contributed by atoms with E-state index in [9.17, 15) is 14.9 Å². The molecule has 0 bridgehead atoms. The molecule has 0 unspecified atom stereocenters. The average molecular weight is 539 g/mol. The highest BCUT2D eigenvalue weighted by atomic mass is 35.5. The van der Waals surface area contributed by atoms with E-state index in [-0.39, 0.29) is 17.7 Å². The molecule has 0 fully saturated rings. The Bertz CT molecular complexity index is 1660. The van der Waals surface area contributed by atoms with Gasteiger partial charge in [-0.05, 0) is 54.5 Å². The second-order valence-electron chi connectivity index (χ2n) is 8.68. The maximum absolute atomic E-state index is 13.7. The lowest BCUT2D eigenvalue weighted by Gasteiger charge is -2.27. The van der Waals surface area contributed by atoms with Crippen LogP contribution in [0.1, 0.15) is 18.1 Å². The van der Waals surface area contributed by atoms with Crippen LogP contribution in [0.2, 0.25) is 10.0 Å². The van der Waals surface area contributed by atoms with Gasteiger partial charge in [0.1, 0.15) is 11.6 Å². The highest BCUT2D eigenvalue weighted by Crippen LogP contribution is 2.32. The van der Waals surface area contributed by atoms with Crippen molar-refractivity contribution >= 4 is 41.1 Å². The van der Waals surface area contributed by atoms with Gasteiger partial charge in [0.25, 0.3) is 11.8 Å². The van der Waals surface area contributed by atoms with Gasteiger partial charge in [-0.1, -0.05) is 71.7 Å². The van der Waals surface area contributed by atoms with Crippen LogP contribution in [0, 0.1) is 11.3 Å². The van der Waals surface area contributed by atoms with Gasteiger partial charge in [0, 0.05) is 32.9 Å². The summed E-state index contributed by atoms with van der Waals surface area (Å²) in [5, 5.41) is 15.6. The molecular weight excluding hydrogens is 519 g/mol. The maximum Gasteiger partial charge on any atom is 0.271 e. The fourth-order valence-electron chi connectivity index (χ4n) is 4.26. The number of halogens is 2. The van der Waals surface area contributed by atoms with Gasteiger partial charge in [-0.15, -0.1) is 0 Å². The molecular formula is C30H20Cl2N4O2. The van der Waals surface area contributed by atoms with Crippen LogP contribution >= 0.6 is 23.2 Å². The second-order valence-corrected chi connectivity index (χ2v) is 9.52. The summed E-state index contributed by atoms with van der Waals surface area (Å²) in [7, 11) is 0. The quantitative estimate of drug-likeness (QED) is 0.211. The highest BCUT2D eigenvalue weighted by molar-refractivity contribution is 6.31. The van der Waals surface area contributed by atoms with Crippen molar-refractivity contribution in [3.05, 3.63) is 123 Å². The number of rotatable bonds is 5. The number of carbonyl (C=O) groups excluding carboxylic acids is 2. The van der Waals surface area contributed by atoms with Crippen molar-refractivity contribution in [2.75, 3.05) is 0 Å². The van der Waals surface area contributed by atoms with Gasteiger partial charge in [0.15, 0.2) is 0 Å². The molecule has 5 rings (SSSR count). The summed E-state index contributed by atoms with van der Waals surface area (Å²) in [6.07, 6.45) is 3.49. The van der Waals surface area contributed by atoms with E-state index in [2.05, 4.69) is 0 Å². The third kappa shape index (κ3) is 4.78. The lowest BCUT2D eigenvalue weighted by Crippen LogP contribution is -2.42. The van der Waals surface area contributed by atoms with Crippen molar-refractivity contribution in [3.8, 4) is 23.0 Å². The number of imide groups is 1. The number of para-hydroxylation sites is 1. The Morgan fingerprint density at radius 3 is 2.29 bits per heavy atom. The summed E-state index contributed by atoms with van der Waals surface area (Å²) < 4.78 is 1.72.